The molecule has 0 saturated carbocycles. The zero-order valence-corrected chi connectivity index (χ0v) is 14.5. The minimum atomic E-state index is 0.650. The zero-order chi connectivity index (χ0) is 15.0. The SMILES string of the molecule is CCCCOc1c(Br)cc(CNCC(C)C)cc1OC. The second kappa shape index (κ2) is 9.24. The van der Waals surface area contributed by atoms with Gasteiger partial charge in [-0.2, -0.15) is 0 Å². The molecular formula is C16H26BrNO2. The second-order valence-electron chi connectivity index (χ2n) is 5.34. The molecule has 0 bridgehead atoms. The van der Waals surface area contributed by atoms with Gasteiger partial charge in [-0.25, -0.2) is 0 Å². The molecule has 1 N–H and O–H groups in total. The summed E-state index contributed by atoms with van der Waals surface area (Å²) in [6.07, 6.45) is 2.17. The van der Waals surface area contributed by atoms with Crippen LogP contribution in [-0.2, 0) is 6.54 Å². The minimum absolute atomic E-state index is 0.650. The monoisotopic (exact) mass is 343 g/mol. The summed E-state index contributed by atoms with van der Waals surface area (Å²) in [7, 11) is 1.68. The van der Waals surface area contributed by atoms with Crippen LogP contribution >= 0.6 is 15.9 Å². The van der Waals surface area contributed by atoms with Crippen LogP contribution in [0.5, 0.6) is 11.5 Å². The number of unbranched alkanes of at least 4 members (excludes halogenated alkanes) is 1. The molecule has 20 heavy (non-hydrogen) atoms. The van der Waals surface area contributed by atoms with E-state index in [2.05, 4.69) is 48.1 Å². The van der Waals surface area contributed by atoms with Crippen LogP contribution in [0, 0.1) is 5.92 Å². The van der Waals surface area contributed by atoms with Crippen LogP contribution in [0.3, 0.4) is 0 Å². The van der Waals surface area contributed by atoms with Gasteiger partial charge in [0.1, 0.15) is 0 Å². The Bertz CT molecular complexity index is 408. The number of benzene rings is 1. The van der Waals surface area contributed by atoms with E-state index in [0.29, 0.717) is 5.92 Å². The van der Waals surface area contributed by atoms with Crippen molar-refractivity contribution in [2.45, 2.75) is 40.2 Å². The lowest BCUT2D eigenvalue weighted by Crippen LogP contribution is -2.19. The fraction of sp³-hybridized carbons (Fsp3) is 0.625. The van der Waals surface area contributed by atoms with Crippen molar-refractivity contribution in [2.75, 3.05) is 20.3 Å². The predicted octanol–water partition coefficient (Wildman–Crippen LogP) is 4.38. The summed E-state index contributed by atoms with van der Waals surface area (Å²) in [4.78, 5) is 0. The van der Waals surface area contributed by atoms with Gasteiger partial charge in [0.2, 0.25) is 0 Å². The van der Waals surface area contributed by atoms with E-state index in [9.17, 15) is 0 Å². The lowest BCUT2D eigenvalue weighted by molar-refractivity contribution is 0.286. The van der Waals surface area contributed by atoms with E-state index < -0.39 is 0 Å². The van der Waals surface area contributed by atoms with Crippen molar-refractivity contribution >= 4 is 15.9 Å². The van der Waals surface area contributed by atoms with Crippen LogP contribution in [-0.4, -0.2) is 20.3 Å². The maximum atomic E-state index is 5.80. The van der Waals surface area contributed by atoms with Gasteiger partial charge in [0.25, 0.3) is 0 Å². The van der Waals surface area contributed by atoms with Gasteiger partial charge in [0.05, 0.1) is 18.2 Å². The number of hydrogen-bond donors (Lipinski definition) is 1. The Morgan fingerprint density at radius 3 is 2.65 bits per heavy atom. The highest BCUT2D eigenvalue weighted by atomic mass is 79.9. The molecule has 4 heteroatoms. The van der Waals surface area contributed by atoms with Crippen molar-refractivity contribution in [1.29, 1.82) is 0 Å². The number of nitrogens with one attached hydrogen (secondary N) is 1. The Morgan fingerprint density at radius 1 is 1.30 bits per heavy atom. The summed E-state index contributed by atoms with van der Waals surface area (Å²) in [5.41, 5.74) is 1.19. The maximum absolute atomic E-state index is 5.80. The molecule has 0 saturated heterocycles. The number of ether oxygens (including phenoxy) is 2. The third-order valence-corrected chi connectivity index (χ3v) is 3.50. The zero-order valence-electron chi connectivity index (χ0n) is 13.0. The topological polar surface area (TPSA) is 30.5 Å². The molecule has 0 fully saturated rings. The highest BCUT2D eigenvalue weighted by molar-refractivity contribution is 9.10. The van der Waals surface area contributed by atoms with Gasteiger partial charge in [0, 0.05) is 6.54 Å². The number of methoxy groups -OCH3 is 1. The van der Waals surface area contributed by atoms with Crippen LogP contribution in [0.15, 0.2) is 16.6 Å². The van der Waals surface area contributed by atoms with Gasteiger partial charge in [-0.1, -0.05) is 27.2 Å². The fourth-order valence-corrected chi connectivity index (χ4v) is 2.44. The Morgan fingerprint density at radius 2 is 2.05 bits per heavy atom. The van der Waals surface area contributed by atoms with E-state index in [1.54, 1.807) is 7.11 Å². The summed E-state index contributed by atoms with van der Waals surface area (Å²) < 4.78 is 12.2. The normalized spacial score (nSPS) is 10.9. The Hall–Kier alpha value is -0.740. The Labute approximate surface area is 131 Å². The van der Waals surface area contributed by atoms with Crippen LogP contribution in [0.4, 0.5) is 0 Å². The number of halogens is 1. The molecule has 0 amide bonds. The summed E-state index contributed by atoms with van der Waals surface area (Å²) in [5.74, 6) is 2.24. The first kappa shape index (κ1) is 17.3. The quantitative estimate of drug-likeness (QED) is 0.674. The highest BCUT2D eigenvalue weighted by Gasteiger charge is 2.11. The van der Waals surface area contributed by atoms with E-state index in [1.807, 2.05) is 6.07 Å². The molecule has 0 heterocycles. The molecule has 0 aliphatic rings. The summed E-state index contributed by atoms with van der Waals surface area (Å²) >= 11 is 3.58. The third-order valence-electron chi connectivity index (χ3n) is 2.92. The molecule has 114 valence electrons. The molecule has 1 rings (SSSR count). The first-order valence-corrected chi connectivity index (χ1v) is 8.07. The van der Waals surface area contributed by atoms with Gasteiger partial charge >= 0.3 is 0 Å². The summed E-state index contributed by atoms with van der Waals surface area (Å²) in [6.45, 7) is 9.12. The fourth-order valence-electron chi connectivity index (χ4n) is 1.84. The molecule has 1 aromatic rings. The smallest absolute Gasteiger partial charge is 0.175 e. The molecule has 0 aromatic heterocycles. The molecule has 3 nitrogen and oxygen atoms in total. The van der Waals surface area contributed by atoms with Gasteiger partial charge in [-0.05, 0) is 52.5 Å². The first-order chi connectivity index (χ1) is 9.58. The van der Waals surface area contributed by atoms with Gasteiger partial charge in [0.15, 0.2) is 11.5 Å². The van der Waals surface area contributed by atoms with Crippen molar-refractivity contribution < 1.29 is 9.47 Å². The molecule has 1 aromatic carbocycles. The van der Waals surface area contributed by atoms with Crippen LogP contribution in [0.25, 0.3) is 0 Å². The molecule has 0 aliphatic carbocycles. The van der Waals surface area contributed by atoms with E-state index in [1.165, 1.54) is 5.56 Å². The Balaban J connectivity index is 2.73. The molecule has 0 atom stereocenters. The largest absolute Gasteiger partial charge is 0.493 e. The van der Waals surface area contributed by atoms with Crippen LogP contribution in [0.2, 0.25) is 0 Å². The molecule has 0 radical (unpaired) electrons. The number of rotatable bonds is 9. The van der Waals surface area contributed by atoms with E-state index in [0.717, 1.165) is 48.5 Å². The lowest BCUT2D eigenvalue weighted by Gasteiger charge is -2.15. The molecule has 0 aliphatic heterocycles. The summed E-state index contributed by atoms with van der Waals surface area (Å²) in [6, 6.07) is 4.14. The van der Waals surface area contributed by atoms with Crippen molar-refractivity contribution in [3.05, 3.63) is 22.2 Å². The lowest BCUT2D eigenvalue weighted by atomic mass is 10.2. The molecular weight excluding hydrogens is 318 g/mol. The third kappa shape index (κ3) is 5.71. The highest BCUT2D eigenvalue weighted by Crippen LogP contribution is 2.36. The van der Waals surface area contributed by atoms with Gasteiger partial charge in [-0.15, -0.1) is 0 Å². The minimum Gasteiger partial charge on any atom is -0.493 e. The standard InChI is InChI=1S/C16H26BrNO2/c1-5-6-7-20-16-14(17)8-13(9-15(16)19-4)11-18-10-12(2)3/h8-9,12,18H,5-7,10-11H2,1-4H3. The van der Waals surface area contributed by atoms with Crippen molar-refractivity contribution in [3.63, 3.8) is 0 Å². The van der Waals surface area contributed by atoms with Crippen LogP contribution in [0.1, 0.15) is 39.2 Å². The predicted molar refractivity (Wildman–Crippen MR) is 87.6 cm³/mol. The van der Waals surface area contributed by atoms with Gasteiger partial charge < -0.3 is 14.8 Å². The average Bonchev–Trinajstić information content (AvgIpc) is 2.40. The van der Waals surface area contributed by atoms with Crippen molar-refractivity contribution in [3.8, 4) is 11.5 Å². The average molecular weight is 344 g/mol. The van der Waals surface area contributed by atoms with E-state index >= 15 is 0 Å². The van der Waals surface area contributed by atoms with E-state index in [-0.39, 0.29) is 0 Å². The van der Waals surface area contributed by atoms with Gasteiger partial charge in [-0.3, -0.25) is 0 Å². The summed E-state index contributed by atoms with van der Waals surface area (Å²) in [5, 5.41) is 3.43. The Kier molecular flexibility index (Phi) is 8.00. The van der Waals surface area contributed by atoms with Crippen molar-refractivity contribution in [1.82, 2.24) is 5.32 Å². The van der Waals surface area contributed by atoms with Crippen LogP contribution < -0.4 is 14.8 Å². The second-order valence-corrected chi connectivity index (χ2v) is 6.19. The van der Waals surface area contributed by atoms with Crippen molar-refractivity contribution in [2.24, 2.45) is 5.92 Å². The molecule has 0 unspecified atom stereocenters. The maximum Gasteiger partial charge on any atom is 0.175 e. The first-order valence-electron chi connectivity index (χ1n) is 7.28. The number of hydrogen-bond acceptors (Lipinski definition) is 3. The molecule has 0 spiro atoms. The van der Waals surface area contributed by atoms with E-state index in [4.69, 9.17) is 9.47 Å².